The van der Waals surface area contributed by atoms with E-state index in [1.807, 2.05) is 12.1 Å². The highest BCUT2D eigenvalue weighted by Gasteiger charge is 2.09. The molecule has 2 nitrogen and oxygen atoms in total. The van der Waals surface area contributed by atoms with Crippen molar-refractivity contribution in [2.45, 2.75) is 26.3 Å². The van der Waals surface area contributed by atoms with Gasteiger partial charge in [-0.15, -0.1) is 11.3 Å². The molecule has 1 heterocycles. The zero-order valence-electron chi connectivity index (χ0n) is 10.6. The molecule has 0 aliphatic carbocycles. The number of nitrogens with one attached hydrogen (secondary N) is 1. The van der Waals surface area contributed by atoms with E-state index in [1.54, 1.807) is 11.3 Å². The summed E-state index contributed by atoms with van der Waals surface area (Å²) in [5.41, 5.74) is 2.38. The molecule has 1 unspecified atom stereocenters. The van der Waals surface area contributed by atoms with Gasteiger partial charge in [0.15, 0.2) is 0 Å². The number of hydrogen-bond donors (Lipinski definition) is 1. The van der Waals surface area contributed by atoms with E-state index in [0.717, 1.165) is 28.7 Å². The number of aromatic nitrogens is 1. The van der Waals surface area contributed by atoms with Crippen LogP contribution in [0, 0.1) is 0 Å². The average Bonchev–Trinajstić information content (AvgIpc) is 2.81. The number of halogens is 1. The van der Waals surface area contributed by atoms with Crippen LogP contribution in [0.4, 0.5) is 0 Å². The molecule has 2 aromatic rings. The van der Waals surface area contributed by atoms with Crippen LogP contribution in [0.5, 0.6) is 0 Å². The second-order valence-electron chi connectivity index (χ2n) is 4.25. The lowest BCUT2D eigenvalue weighted by Crippen LogP contribution is -2.17. The predicted molar refractivity (Wildman–Crippen MR) is 78.5 cm³/mol. The third-order valence-corrected chi connectivity index (χ3v) is 3.91. The third kappa shape index (κ3) is 3.55. The van der Waals surface area contributed by atoms with Crippen molar-refractivity contribution in [3.05, 3.63) is 50.9 Å². The summed E-state index contributed by atoms with van der Waals surface area (Å²) in [6.45, 7) is 5.22. The SMILES string of the molecule is CCNC(C)c1csc(Cc2ccc(Cl)cc2)n1. The largest absolute Gasteiger partial charge is 0.309 e. The number of thiazole rings is 1. The van der Waals surface area contributed by atoms with Gasteiger partial charge in [-0.3, -0.25) is 0 Å². The van der Waals surface area contributed by atoms with E-state index < -0.39 is 0 Å². The summed E-state index contributed by atoms with van der Waals surface area (Å²) in [4.78, 5) is 4.67. The second kappa shape index (κ2) is 6.32. The van der Waals surface area contributed by atoms with Crippen LogP contribution in [0.15, 0.2) is 29.6 Å². The van der Waals surface area contributed by atoms with E-state index in [2.05, 4.69) is 41.7 Å². The predicted octanol–water partition coefficient (Wildman–Crippen LogP) is 4.06. The van der Waals surface area contributed by atoms with Gasteiger partial charge in [0.1, 0.15) is 0 Å². The number of hydrogen-bond acceptors (Lipinski definition) is 3. The third-order valence-electron chi connectivity index (χ3n) is 2.79. The van der Waals surface area contributed by atoms with Crippen molar-refractivity contribution in [2.24, 2.45) is 0 Å². The molecule has 0 fully saturated rings. The number of nitrogens with zero attached hydrogens (tertiary/aromatic N) is 1. The Bertz CT molecular complexity index is 493. The van der Waals surface area contributed by atoms with Crippen molar-refractivity contribution in [1.29, 1.82) is 0 Å². The van der Waals surface area contributed by atoms with Crippen LogP contribution in [0.2, 0.25) is 5.02 Å². The molecule has 1 aromatic carbocycles. The molecule has 1 atom stereocenters. The van der Waals surface area contributed by atoms with Crippen LogP contribution in [-0.2, 0) is 6.42 Å². The molecular formula is C14H17ClN2S. The molecule has 4 heteroatoms. The van der Waals surface area contributed by atoms with Crippen molar-refractivity contribution >= 4 is 22.9 Å². The van der Waals surface area contributed by atoms with Gasteiger partial charge >= 0.3 is 0 Å². The van der Waals surface area contributed by atoms with Gasteiger partial charge in [0, 0.05) is 22.9 Å². The van der Waals surface area contributed by atoms with Crippen molar-refractivity contribution < 1.29 is 0 Å². The average molecular weight is 281 g/mol. The van der Waals surface area contributed by atoms with Crippen LogP contribution in [-0.4, -0.2) is 11.5 Å². The summed E-state index contributed by atoms with van der Waals surface area (Å²) in [6, 6.07) is 8.28. The summed E-state index contributed by atoms with van der Waals surface area (Å²) in [5.74, 6) is 0. The Hall–Kier alpha value is -0.900. The molecule has 2 rings (SSSR count). The maximum Gasteiger partial charge on any atom is 0.0972 e. The molecule has 96 valence electrons. The van der Waals surface area contributed by atoms with E-state index in [0.29, 0.717) is 6.04 Å². The summed E-state index contributed by atoms with van der Waals surface area (Å²) < 4.78 is 0. The molecule has 0 saturated carbocycles. The zero-order chi connectivity index (χ0) is 13.0. The Balaban J connectivity index is 2.04. The van der Waals surface area contributed by atoms with Gasteiger partial charge in [0.25, 0.3) is 0 Å². The van der Waals surface area contributed by atoms with Crippen LogP contribution < -0.4 is 5.32 Å². The van der Waals surface area contributed by atoms with Gasteiger partial charge in [-0.05, 0) is 31.2 Å². The Labute approximate surface area is 117 Å². The van der Waals surface area contributed by atoms with Gasteiger partial charge < -0.3 is 5.32 Å². The molecular weight excluding hydrogens is 264 g/mol. The summed E-state index contributed by atoms with van der Waals surface area (Å²) >= 11 is 7.59. The summed E-state index contributed by atoms with van der Waals surface area (Å²) in [7, 11) is 0. The lowest BCUT2D eigenvalue weighted by atomic mass is 10.2. The smallest absolute Gasteiger partial charge is 0.0972 e. The quantitative estimate of drug-likeness (QED) is 0.893. The Morgan fingerprint density at radius 3 is 2.72 bits per heavy atom. The zero-order valence-corrected chi connectivity index (χ0v) is 12.2. The first-order valence-electron chi connectivity index (χ1n) is 6.11. The van der Waals surface area contributed by atoms with Crippen LogP contribution in [0.25, 0.3) is 0 Å². The molecule has 0 aliphatic rings. The first-order chi connectivity index (χ1) is 8.69. The lowest BCUT2D eigenvalue weighted by molar-refractivity contribution is 0.585. The highest BCUT2D eigenvalue weighted by atomic mass is 35.5. The van der Waals surface area contributed by atoms with Crippen LogP contribution in [0.1, 0.15) is 36.2 Å². The van der Waals surface area contributed by atoms with Gasteiger partial charge in [0.2, 0.25) is 0 Å². The monoisotopic (exact) mass is 280 g/mol. The number of benzene rings is 1. The van der Waals surface area contributed by atoms with E-state index in [-0.39, 0.29) is 0 Å². The van der Waals surface area contributed by atoms with Crippen molar-refractivity contribution in [2.75, 3.05) is 6.54 Å². The van der Waals surface area contributed by atoms with Crippen LogP contribution in [0.3, 0.4) is 0 Å². The van der Waals surface area contributed by atoms with Gasteiger partial charge in [-0.1, -0.05) is 30.7 Å². The van der Waals surface area contributed by atoms with Gasteiger partial charge in [0.05, 0.1) is 10.7 Å². The molecule has 0 saturated heterocycles. The van der Waals surface area contributed by atoms with Crippen molar-refractivity contribution in [3.8, 4) is 0 Å². The highest BCUT2D eigenvalue weighted by Crippen LogP contribution is 2.20. The Morgan fingerprint density at radius 2 is 2.06 bits per heavy atom. The van der Waals surface area contributed by atoms with E-state index in [4.69, 9.17) is 11.6 Å². The van der Waals surface area contributed by atoms with Gasteiger partial charge in [-0.2, -0.15) is 0 Å². The first-order valence-corrected chi connectivity index (χ1v) is 7.37. The summed E-state index contributed by atoms with van der Waals surface area (Å²) in [5, 5.41) is 7.44. The van der Waals surface area contributed by atoms with E-state index in [1.165, 1.54) is 5.56 Å². The molecule has 1 aromatic heterocycles. The van der Waals surface area contributed by atoms with Crippen molar-refractivity contribution in [1.82, 2.24) is 10.3 Å². The molecule has 1 N–H and O–H groups in total. The first kappa shape index (κ1) is 13.5. The van der Waals surface area contributed by atoms with E-state index >= 15 is 0 Å². The number of rotatable bonds is 5. The fourth-order valence-electron chi connectivity index (χ4n) is 1.79. The minimum Gasteiger partial charge on any atom is -0.309 e. The maximum atomic E-state index is 5.87. The molecule has 18 heavy (non-hydrogen) atoms. The highest BCUT2D eigenvalue weighted by molar-refractivity contribution is 7.09. The molecule has 0 aliphatic heterocycles. The fourth-order valence-corrected chi connectivity index (χ4v) is 2.84. The minimum atomic E-state index is 0.324. The fraction of sp³-hybridized carbons (Fsp3) is 0.357. The minimum absolute atomic E-state index is 0.324. The maximum absolute atomic E-state index is 5.87. The summed E-state index contributed by atoms with van der Waals surface area (Å²) in [6.07, 6.45) is 0.876. The standard InChI is InChI=1S/C14H17ClN2S/c1-3-16-10(2)13-9-18-14(17-13)8-11-4-6-12(15)7-5-11/h4-7,9-10,16H,3,8H2,1-2H3. The van der Waals surface area contributed by atoms with Gasteiger partial charge in [-0.25, -0.2) is 4.98 Å². The topological polar surface area (TPSA) is 24.9 Å². The molecule has 0 amide bonds. The molecule has 0 spiro atoms. The van der Waals surface area contributed by atoms with E-state index in [9.17, 15) is 0 Å². The Kier molecular flexibility index (Phi) is 4.75. The molecule has 0 radical (unpaired) electrons. The van der Waals surface area contributed by atoms with Crippen LogP contribution >= 0.6 is 22.9 Å². The normalized spacial score (nSPS) is 12.6. The molecule has 0 bridgehead atoms. The van der Waals surface area contributed by atoms with Crippen molar-refractivity contribution in [3.63, 3.8) is 0 Å². The second-order valence-corrected chi connectivity index (χ2v) is 5.63. The lowest BCUT2D eigenvalue weighted by Gasteiger charge is -2.08. The Morgan fingerprint density at radius 1 is 1.33 bits per heavy atom.